The molecule has 0 bridgehead atoms. The van der Waals surface area contributed by atoms with E-state index in [0.717, 1.165) is 21.6 Å². The van der Waals surface area contributed by atoms with Crippen LogP contribution in [0.3, 0.4) is 0 Å². The first-order valence-electron chi connectivity index (χ1n) is 5.66. The van der Waals surface area contributed by atoms with Crippen LogP contribution in [-0.2, 0) is 0 Å². The predicted octanol–water partition coefficient (Wildman–Crippen LogP) is 4.33. The summed E-state index contributed by atoms with van der Waals surface area (Å²) in [7, 11) is 0. The minimum Gasteiger partial charge on any atom is -0.192 e. The minimum absolute atomic E-state index is 0.743. The van der Waals surface area contributed by atoms with E-state index in [2.05, 4.69) is 6.07 Å². The fourth-order valence-electron chi connectivity index (χ4n) is 1.84. The smallest absolute Gasteiger partial charge is 0.107 e. The quantitative estimate of drug-likeness (QED) is 0.758. The maximum absolute atomic E-state index is 9.29. The van der Waals surface area contributed by atoms with Crippen LogP contribution in [0.2, 0.25) is 0 Å². The van der Waals surface area contributed by atoms with Crippen molar-refractivity contribution >= 4 is 17.3 Å². The molecule has 0 aliphatic rings. The summed E-state index contributed by atoms with van der Waals surface area (Å²) in [6, 6.07) is 22.4. The number of allylic oxidation sites excluding steroid dienone is 1. The number of rotatable bonds is 3. The Bertz CT molecular complexity index is 538. The van der Waals surface area contributed by atoms with Crippen molar-refractivity contribution in [1.82, 2.24) is 0 Å². The van der Waals surface area contributed by atoms with Crippen molar-refractivity contribution in [3.63, 3.8) is 0 Å². The van der Waals surface area contributed by atoms with Crippen molar-refractivity contribution in [2.75, 3.05) is 6.26 Å². The number of thioether (sulfide) groups is 1. The molecular formula is C16H13NS. The molecule has 2 aromatic rings. The summed E-state index contributed by atoms with van der Waals surface area (Å²) in [5, 5.41) is 9.29. The van der Waals surface area contributed by atoms with Crippen LogP contribution in [0.4, 0.5) is 0 Å². The average Bonchev–Trinajstić information content (AvgIpc) is 2.46. The van der Waals surface area contributed by atoms with Crippen molar-refractivity contribution in [1.29, 1.82) is 5.26 Å². The molecule has 0 radical (unpaired) electrons. The Morgan fingerprint density at radius 1 is 0.889 bits per heavy atom. The van der Waals surface area contributed by atoms with Gasteiger partial charge < -0.3 is 0 Å². The van der Waals surface area contributed by atoms with E-state index in [1.807, 2.05) is 66.9 Å². The molecule has 0 saturated heterocycles. The van der Waals surface area contributed by atoms with Crippen LogP contribution in [0.5, 0.6) is 0 Å². The number of nitriles is 1. The molecule has 0 aliphatic carbocycles. The van der Waals surface area contributed by atoms with Crippen LogP contribution in [0.25, 0.3) is 5.57 Å². The van der Waals surface area contributed by atoms with Gasteiger partial charge in [0.1, 0.15) is 6.07 Å². The fourth-order valence-corrected chi connectivity index (χ4v) is 2.37. The van der Waals surface area contributed by atoms with Gasteiger partial charge in [0.15, 0.2) is 0 Å². The van der Waals surface area contributed by atoms with Crippen LogP contribution in [0.1, 0.15) is 11.1 Å². The van der Waals surface area contributed by atoms with E-state index in [0.29, 0.717) is 0 Å². The molecule has 0 aliphatic heterocycles. The Hall–Kier alpha value is -1.98. The predicted molar refractivity (Wildman–Crippen MR) is 78.0 cm³/mol. The first kappa shape index (κ1) is 12.5. The van der Waals surface area contributed by atoms with Gasteiger partial charge in [0.2, 0.25) is 0 Å². The van der Waals surface area contributed by atoms with Gasteiger partial charge >= 0.3 is 0 Å². The summed E-state index contributed by atoms with van der Waals surface area (Å²) < 4.78 is 0. The molecule has 0 N–H and O–H groups in total. The maximum atomic E-state index is 9.29. The molecule has 0 amide bonds. The minimum atomic E-state index is 0.743. The number of hydrogen-bond acceptors (Lipinski definition) is 2. The molecule has 1 nitrogen and oxygen atoms in total. The maximum Gasteiger partial charge on any atom is 0.107 e. The summed E-state index contributed by atoms with van der Waals surface area (Å²) in [4.78, 5) is 0.743. The van der Waals surface area contributed by atoms with E-state index in [4.69, 9.17) is 0 Å². The Kier molecular flexibility index (Phi) is 4.22. The van der Waals surface area contributed by atoms with Crippen LogP contribution in [-0.4, -0.2) is 6.26 Å². The lowest BCUT2D eigenvalue weighted by Gasteiger charge is -2.10. The lowest BCUT2D eigenvalue weighted by Crippen LogP contribution is -1.90. The first-order valence-corrected chi connectivity index (χ1v) is 6.88. The van der Waals surface area contributed by atoms with Gasteiger partial charge in [0.25, 0.3) is 0 Å². The lowest BCUT2D eigenvalue weighted by atomic mass is 9.98. The summed E-state index contributed by atoms with van der Waals surface area (Å²) in [6.07, 6.45) is 1.93. The van der Waals surface area contributed by atoms with Crippen molar-refractivity contribution in [2.45, 2.75) is 0 Å². The summed E-state index contributed by atoms with van der Waals surface area (Å²) >= 11 is 1.49. The summed E-state index contributed by atoms with van der Waals surface area (Å²) in [6.45, 7) is 0. The second-order valence-electron chi connectivity index (χ2n) is 3.75. The average molecular weight is 251 g/mol. The zero-order valence-electron chi connectivity index (χ0n) is 10.1. The molecule has 0 saturated carbocycles. The molecule has 2 heteroatoms. The Morgan fingerprint density at radius 3 is 1.67 bits per heavy atom. The second kappa shape index (κ2) is 6.09. The van der Waals surface area contributed by atoms with Gasteiger partial charge in [0, 0.05) is 5.57 Å². The van der Waals surface area contributed by atoms with Gasteiger partial charge in [-0.25, -0.2) is 0 Å². The van der Waals surface area contributed by atoms with E-state index >= 15 is 0 Å². The van der Waals surface area contributed by atoms with Crippen LogP contribution in [0, 0.1) is 11.3 Å². The van der Waals surface area contributed by atoms with E-state index in [1.165, 1.54) is 11.8 Å². The topological polar surface area (TPSA) is 23.8 Å². The van der Waals surface area contributed by atoms with Crippen LogP contribution in [0.15, 0.2) is 65.6 Å². The molecular weight excluding hydrogens is 238 g/mol. The standard InChI is InChI=1S/C16H13NS/c1-18-15(12-17)16(13-8-4-2-5-9-13)14-10-6-3-7-11-14/h2-11H,1H3. The third kappa shape index (κ3) is 2.64. The third-order valence-corrected chi connectivity index (χ3v) is 3.36. The molecule has 18 heavy (non-hydrogen) atoms. The van der Waals surface area contributed by atoms with Crippen LogP contribution >= 0.6 is 11.8 Å². The van der Waals surface area contributed by atoms with Gasteiger partial charge in [-0.3, -0.25) is 0 Å². The number of nitrogens with zero attached hydrogens (tertiary/aromatic N) is 1. The molecule has 0 spiro atoms. The zero-order valence-corrected chi connectivity index (χ0v) is 10.9. The largest absolute Gasteiger partial charge is 0.192 e. The molecule has 0 fully saturated rings. The van der Waals surface area contributed by atoms with Crippen molar-refractivity contribution in [3.05, 3.63) is 76.7 Å². The normalized spacial score (nSPS) is 9.56. The highest BCUT2D eigenvalue weighted by molar-refractivity contribution is 8.02. The van der Waals surface area contributed by atoms with Gasteiger partial charge in [-0.2, -0.15) is 5.26 Å². The lowest BCUT2D eigenvalue weighted by molar-refractivity contribution is 1.50. The fraction of sp³-hybridized carbons (Fsp3) is 0.0625. The van der Waals surface area contributed by atoms with Gasteiger partial charge in [-0.05, 0) is 17.4 Å². The highest BCUT2D eigenvalue weighted by atomic mass is 32.2. The molecule has 88 valence electrons. The van der Waals surface area contributed by atoms with E-state index in [1.54, 1.807) is 0 Å². The van der Waals surface area contributed by atoms with Crippen molar-refractivity contribution in [3.8, 4) is 6.07 Å². The third-order valence-electron chi connectivity index (χ3n) is 2.66. The molecule has 2 aromatic carbocycles. The van der Waals surface area contributed by atoms with E-state index in [9.17, 15) is 5.26 Å². The highest BCUT2D eigenvalue weighted by Gasteiger charge is 2.10. The summed E-state index contributed by atoms with van der Waals surface area (Å²) in [5.41, 5.74) is 3.16. The van der Waals surface area contributed by atoms with Crippen molar-refractivity contribution in [2.24, 2.45) is 0 Å². The van der Waals surface area contributed by atoms with E-state index < -0.39 is 0 Å². The van der Waals surface area contributed by atoms with Gasteiger partial charge in [-0.1, -0.05) is 60.7 Å². The molecule has 0 heterocycles. The van der Waals surface area contributed by atoms with Crippen LogP contribution < -0.4 is 0 Å². The molecule has 2 rings (SSSR count). The van der Waals surface area contributed by atoms with Gasteiger partial charge in [-0.15, -0.1) is 11.8 Å². The molecule has 0 atom stereocenters. The van der Waals surface area contributed by atoms with Gasteiger partial charge in [0.05, 0.1) is 4.91 Å². The molecule has 0 unspecified atom stereocenters. The van der Waals surface area contributed by atoms with E-state index in [-0.39, 0.29) is 0 Å². The SMILES string of the molecule is CSC(C#N)=C(c1ccccc1)c1ccccc1. The highest BCUT2D eigenvalue weighted by Crippen LogP contribution is 2.30. The Balaban J connectivity index is 2.64. The first-order chi connectivity index (χ1) is 8.86. The zero-order chi connectivity index (χ0) is 12.8. The number of benzene rings is 2. The Morgan fingerprint density at radius 2 is 1.33 bits per heavy atom. The summed E-state index contributed by atoms with van der Waals surface area (Å²) in [5.74, 6) is 0. The number of hydrogen-bond donors (Lipinski definition) is 0. The Labute approximate surface area is 112 Å². The second-order valence-corrected chi connectivity index (χ2v) is 4.57. The monoisotopic (exact) mass is 251 g/mol. The molecule has 0 aromatic heterocycles. The van der Waals surface area contributed by atoms with Crippen molar-refractivity contribution < 1.29 is 0 Å².